The third-order valence-electron chi connectivity index (χ3n) is 9.71. The molecule has 4 aliphatic carbocycles. The van der Waals surface area contributed by atoms with Gasteiger partial charge in [-0.1, -0.05) is 20.8 Å². The van der Waals surface area contributed by atoms with Gasteiger partial charge in [0.2, 0.25) is 0 Å². The van der Waals surface area contributed by atoms with Crippen LogP contribution in [0.15, 0.2) is 0 Å². The maximum atomic E-state index is 12.7. The summed E-state index contributed by atoms with van der Waals surface area (Å²) in [6.07, 6.45) is 9.52. The molecule has 0 aromatic carbocycles. The molecule has 6 unspecified atom stereocenters. The summed E-state index contributed by atoms with van der Waals surface area (Å²) in [7, 11) is 0. The number of ketones is 1. The van der Waals surface area contributed by atoms with Crippen LogP contribution in [-0.4, -0.2) is 23.8 Å². The first-order valence-corrected chi connectivity index (χ1v) is 10.9. The maximum absolute atomic E-state index is 12.7. The normalized spacial score (nSPS) is 54.2. The first-order chi connectivity index (χ1) is 12.0. The Morgan fingerprint density at radius 2 is 1.73 bits per heavy atom. The molecule has 5 rings (SSSR count). The van der Waals surface area contributed by atoms with E-state index in [0.29, 0.717) is 28.4 Å². The Balaban J connectivity index is 1.51. The van der Waals surface area contributed by atoms with Crippen molar-refractivity contribution in [2.75, 3.05) is 6.61 Å². The number of fused-ring (bicyclic) bond motifs is 4. The van der Waals surface area contributed by atoms with Crippen LogP contribution in [0.2, 0.25) is 0 Å². The molecule has 2 bridgehead atoms. The molecule has 146 valence electrons. The fourth-order valence-corrected chi connectivity index (χ4v) is 8.76. The first-order valence-electron chi connectivity index (χ1n) is 10.9. The summed E-state index contributed by atoms with van der Waals surface area (Å²) in [6.45, 7) is 11.9. The smallest absolute Gasteiger partial charge is 0.163 e. The molecule has 1 aliphatic heterocycles. The van der Waals surface area contributed by atoms with Crippen molar-refractivity contribution >= 4 is 5.78 Å². The molecule has 4 saturated carbocycles. The van der Waals surface area contributed by atoms with E-state index in [0.717, 1.165) is 25.4 Å². The Labute approximate surface area is 158 Å². The Hall–Kier alpha value is -0.410. The van der Waals surface area contributed by atoms with Crippen LogP contribution in [0, 0.1) is 34.0 Å². The molecule has 5 fully saturated rings. The number of rotatable bonds is 0. The Morgan fingerprint density at radius 1 is 0.962 bits per heavy atom. The van der Waals surface area contributed by atoms with E-state index >= 15 is 0 Å². The summed E-state index contributed by atoms with van der Waals surface area (Å²) in [6, 6.07) is 0. The Kier molecular flexibility index (Phi) is 3.36. The van der Waals surface area contributed by atoms with Crippen LogP contribution < -0.4 is 0 Å². The predicted molar refractivity (Wildman–Crippen MR) is 101 cm³/mol. The van der Waals surface area contributed by atoms with Crippen molar-refractivity contribution in [3.8, 4) is 0 Å². The topological polar surface area (TPSA) is 35.5 Å². The molecule has 3 heteroatoms. The van der Waals surface area contributed by atoms with E-state index in [1.54, 1.807) is 0 Å². The highest BCUT2D eigenvalue weighted by atomic mass is 16.8. The van der Waals surface area contributed by atoms with E-state index in [2.05, 4.69) is 34.6 Å². The first kappa shape index (κ1) is 17.7. The van der Waals surface area contributed by atoms with E-state index in [-0.39, 0.29) is 11.0 Å². The highest BCUT2D eigenvalue weighted by Gasteiger charge is 2.70. The lowest BCUT2D eigenvalue weighted by Gasteiger charge is -2.63. The molecule has 0 radical (unpaired) electrons. The second-order valence-corrected chi connectivity index (χ2v) is 11.7. The SMILES string of the molecule is CC1(C)OCC2(CC34CCC5C(C)(C)C(=O)CCC5(C)C3CCC2C4)O1. The van der Waals surface area contributed by atoms with Gasteiger partial charge in [-0.25, -0.2) is 0 Å². The second kappa shape index (κ2) is 4.95. The Morgan fingerprint density at radius 3 is 2.42 bits per heavy atom. The molecule has 0 aromatic rings. The van der Waals surface area contributed by atoms with Gasteiger partial charge < -0.3 is 9.47 Å². The van der Waals surface area contributed by atoms with Gasteiger partial charge in [0, 0.05) is 11.8 Å². The molecule has 6 atom stereocenters. The van der Waals surface area contributed by atoms with Gasteiger partial charge in [0.05, 0.1) is 12.2 Å². The Bertz CT molecular complexity index is 652. The summed E-state index contributed by atoms with van der Waals surface area (Å²) in [5, 5.41) is 0. The van der Waals surface area contributed by atoms with Gasteiger partial charge in [0.25, 0.3) is 0 Å². The van der Waals surface area contributed by atoms with Crippen molar-refractivity contribution in [3.63, 3.8) is 0 Å². The number of carbonyl (C=O) groups is 1. The third kappa shape index (κ3) is 2.05. The highest BCUT2D eigenvalue weighted by molar-refractivity contribution is 5.85. The molecule has 5 aliphatic rings. The second-order valence-electron chi connectivity index (χ2n) is 11.7. The molecule has 3 nitrogen and oxygen atoms in total. The van der Waals surface area contributed by atoms with Gasteiger partial charge in [0.1, 0.15) is 5.78 Å². The van der Waals surface area contributed by atoms with E-state index in [9.17, 15) is 4.79 Å². The lowest BCUT2D eigenvalue weighted by atomic mass is 9.41. The van der Waals surface area contributed by atoms with E-state index in [4.69, 9.17) is 9.47 Å². The monoisotopic (exact) mass is 360 g/mol. The zero-order valence-electron chi connectivity index (χ0n) is 17.3. The summed E-state index contributed by atoms with van der Waals surface area (Å²) in [4.78, 5) is 12.7. The van der Waals surface area contributed by atoms with Gasteiger partial charge in [0.15, 0.2) is 5.79 Å². The fraction of sp³-hybridized carbons (Fsp3) is 0.957. The van der Waals surface area contributed by atoms with Crippen LogP contribution >= 0.6 is 0 Å². The largest absolute Gasteiger partial charge is 0.347 e. The van der Waals surface area contributed by atoms with E-state index in [1.165, 1.54) is 38.5 Å². The number of Topliss-reactive ketones (excluding diaryl/α,β-unsaturated/α-hetero) is 1. The average molecular weight is 361 g/mol. The van der Waals surface area contributed by atoms with Gasteiger partial charge in [-0.2, -0.15) is 0 Å². The maximum Gasteiger partial charge on any atom is 0.163 e. The molecule has 1 saturated heterocycles. The standard InChI is InChI=1S/C23H36O3/c1-19(2)16-8-11-22-12-15(23(13-22)14-25-20(3,4)26-23)6-7-17(22)21(16,5)10-9-18(19)24/h15-17H,6-14H2,1-5H3. The summed E-state index contributed by atoms with van der Waals surface area (Å²) in [5.74, 6) is 2.05. The van der Waals surface area contributed by atoms with Gasteiger partial charge in [-0.3, -0.25) is 4.79 Å². The fourth-order valence-electron chi connectivity index (χ4n) is 8.76. The number of hydrogen-bond acceptors (Lipinski definition) is 3. The van der Waals surface area contributed by atoms with Gasteiger partial charge in [-0.05, 0) is 87.4 Å². The number of carbonyl (C=O) groups excluding carboxylic acids is 1. The predicted octanol–water partition coefficient (Wildman–Crippen LogP) is 5.12. The van der Waals surface area contributed by atoms with Crippen molar-refractivity contribution in [2.24, 2.45) is 34.0 Å². The third-order valence-corrected chi connectivity index (χ3v) is 9.71. The van der Waals surface area contributed by atoms with Crippen LogP contribution in [-0.2, 0) is 14.3 Å². The molecular formula is C23H36O3. The average Bonchev–Trinajstić information content (AvgIpc) is 2.97. The van der Waals surface area contributed by atoms with Gasteiger partial charge >= 0.3 is 0 Å². The summed E-state index contributed by atoms with van der Waals surface area (Å²) < 4.78 is 12.7. The molecule has 26 heavy (non-hydrogen) atoms. The van der Waals surface area contributed by atoms with Crippen molar-refractivity contribution in [1.29, 1.82) is 0 Å². The minimum Gasteiger partial charge on any atom is -0.347 e. The highest BCUT2D eigenvalue weighted by Crippen LogP contribution is 2.73. The van der Waals surface area contributed by atoms with Crippen molar-refractivity contribution in [3.05, 3.63) is 0 Å². The summed E-state index contributed by atoms with van der Waals surface area (Å²) in [5.41, 5.74) is 0.563. The van der Waals surface area contributed by atoms with Crippen molar-refractivity contribution in [2.45, 2.75) is 97.4 Å². The minimum absolute atomic E-state index is 0.0402. The van der Waals surface area contributed by atoms with Crippen LogP contribution in [0.25, 0.3) is 0 Å². The zero-order valence-corrected chi connectivity index (χ0v) is 17.3. The van der Waals surface area contributed by atoms with Gasteiger partial charge in [-0.15, -0.1) is 0 Å². The molecule has 0 N–H and O–H groups in total. The quantitative estimate of drug-likeness (QED) is 0.601. The lowest BCUT2D eigenvalue weighted by molar-refractivity contribution is -0.172. The van der Waals surface area contributed by atoms with Crippen LogP contribution in [0.3, 0.4) is 0 Å². The molecule has 1 heterocycles. The summed E-state index contributed by atoms with van der Waals surface area (Å²) >= 11 is 0. The lowest BCUT2D eigenvalue weighted by Crippen LogP contribution is -2.58. The van der Waals surface area contributed by atoms with Crippen molar-refractivity contribution < 1.29 is 14.3 Å². The zero-order chi connectivity index (χ0) is 18.6. The molecule has 0 amide bonds. The minimum atomic E-state index is -0.427. The molecular weight excluding hydrogens is 324 g/mol. The van der Waals surface area contributed by atoms with Crippen LogP contribution in [0.5, 0.6) is 0 Å². The molecule has 0 aromatic heterocycles. The van der Waals surface area contributed by atoms with Crippen LogP contribution in [0.4, 0.5) is 0 Å². The number of hydrogen-bond donors (Lipinski definition) is 0. The van der Waals surface area contributed by atoms with Crippen LogP contribution in [0.1, 0.15) is 86.0 Å². The van der Waals surface area contributed by atoms with E-state index < -0.39 is 5.79 Å². The van der Waals surface area contributed by atoms with E-state index in [1.807, 2.05) is 0 Å². The number of ether oxygens (including phenoxy) is 2. The van der Waals surface area contributed by atoms with Crippen molar-refractivity contribution in [1.82, 2.24) is 0 Å². The molecule has 2 spiro atoms.